The molecule has 0 saturated carbocycles. The zero-order valence-electron chi connectivity index (χ0n) is 14.4. The third kappa shape index (κ3) is 4.88. The van der Waals surface area contributed by atoms with Crippen LogP contribution in [0.4, 0.5) is 4.79 Å². The van der Waals surface area contributed by atoms with Crippen LogP contribution >= 0.6 is 11.6 Å². The van der Waals surface area contributed by atoms with Gasteiger partial charge in [-0.15, -0.1) is 0 Å². The van der Waals surface area contributed by atoms with Gasteiger partial charge in [0.05, 0.1) is 21.2 Å². The number of ether oxygens (including phenoxy) is 2. The number of methoxy groups -OCH3 is 1. The normalized spacial score (nSPS) is 19.4. The SMILES string of the molecule is COCC(=O)N1C[C@H](S(=O)(=O)c2ccccc2Cl)C[C@@H]1OC(=O)NCC#N. The van der Waals surface area contributed by atoms with Gasteiger partial charge >= 0.3 is 6.09 Å². The van der Waals surface area contributed by atoms with E-state index in [4.69, 9.17) is 26.3 Å². The Morgan fingerprint density at radius 3 is 2.74 bits per heavy atom. The van der Waals surface area contributed by atoms with Gasteiger partial charge in [0.25, 0.3) is 5.91 Å². The zero-order valence-corrected chi connectivity index (χ0v) is 16.0. The molecule has 0 radical (unpaired) electrons. The van der Waals surface area contributed by atoms with Gasteiger partial charge in [-0.25, -0.2) is 13.2 Å². The first kappa shape index (κ1) is 21.0. The monoisotopic (exact) mass is 415 g/mol. The average Bonchev–Trinajstić information content (AvgIpc) is 3.05. The number of rotatable bonds is 6. The van der Waals surface area contributed by atoms with Crippen molar-refractivity contribution in [1.29, 1.82) is 5.26 Å². The highest BCUT2D eigenvalue weighted by Gasteiger charge is 2.44. The van der Waals surface area contributed by atoms with E-state index < -0.39 is 33.3 Å². The number of sulfone groups is 1. The van der Waals surface area contributed by atoms with Gasteiger partial charge in [-0.1, -0.05) is 23.7 Å². The first-order valence-electron chi connectivity index (χ1n) is 7.89. The summed E-state index contributed by atoms with van der Waals surface area (Å²) in [5, 5.41) is 9.74. The first-order chi connectivity index (χ1) is 12.8. The molecule has 9 nitrogen and oxygen atoms in total. The second kappa shape index (κ2) is 9.03. The van der Waals surface area contributed by atoms with Gasteiger partial charge < -0.3 is 19.7 Å². The Kier molecular flexibility index (Phi) is 7.01. The van der Waals surface area contributed by atoms with E-state index in [2.05, 4.69) is 5.32 Å². The van der Waals surface area contributed by atoms with Crippen molar-refractivity contribution in [3.8, 4) is 6.07 Å². The maximum Gasteiger partial charge on any atom is 0.409 e. The largest absolute Gasteiger partial charge is 0.425 e. The predicted octanol–water partition coefficient (Wildman–Crippen LogP) is 0.937. The van der Waals surface area contributed by atoms with E-state index in [1.54, 1.807) is 18.2 Å². The van der Waals surface area contributed by atoms with Crippen molar-refractivity contribution < 1.29 is 27.5 Å². The molecule has 1 saturated heterocycles. The molecule has 0 spiro atoms. The number of hydrogen-bond donors (Lipinski definition) is 1. The smallest absolute Gasteiger partial charge is 0.409 e. The molecular formula is C16H18ClN3O6S. The molecule has 0 unspecified atom stereocenters. The molecule has 2 amide bonds. The summed E-state index contributed by atoms with van der Waals surface area (Å²) in [6, 6.07) is 7.71. The molecule has 0 aromatic heterocycles. The number of halogens is 1. The molecule has 1 aromatic rings. The van der Waals surface area contributed by atoms with Gasteiger partial charge in [0.2, 0.25) is 0 Å². The van der Waals surface area contributed by atoms with Crippen LogP contribution < -0.4 is 5.32 Å². The van der Waals surface area contributed by atoms with Gasteiger partial charge in [0.15, 0.2) is 16.1 Å². The fourth-order valence-electron chi connectivity index (χ4n) is 2.70. The molecule has 1 aliphatic heterocycles. The highest BCUT2D eigenvalue weighted by molar-refractivity contribution is 7.92. The van der Waals surface area contributed by atoms with Crippen molar-refractivity contribution in [2.24, 2.45) is 0 Å². The zero-order chi connectivity index (χ0) is 20.0. The number of alkyl carbamates (subject to hydrolysis) is 1. The molecule has 2 atom stereocenters. The summed E-state index contributed by atoms with van der Waals surface area (Å²) in [6.07, 6.45) is -2.15. The van der Waals surface area contributed by atoms with E-state index in [1.807, 2.05) is 0 Å². The summed E-state index contributed by atoms with van der Waals surface area (Å²) < 4.78 is 35.8. The average molecular weight is 416 g/mol. The number of benzene rings is 1. The maximum atomic E-state index is 12.9. The standard InChI is InChI=1S/C16H18ClN3O6S/c1-25-10-14(21)20-9-11(8-15(20)26-16(22)19-7-6-18)27(23,24)13-5-3-2-4-12(13)17/h2-5,11,15H,7-10H2,1H3,(H,19,22)/t11-,15+/m1/s1. The second-order valence-electron chi connectivity index (χ2n) is 5.68. The minimum absolute atomic E-state index is 0.0506. The molecular weight excluding hydrogens is 398 g/mol. The highest BCUT2D eigenvalue weighted by atomic mass is 35.5. The molecule has 1 aromatic carbocycles. The summed E-state index contributed by atoms with van der Waals surface area (Å²) in [5.74, 6) is -0.521. The van der Waals surface area contributed by atoms with Gasteiger partial charge in [-0.05, 0) is 12.1 Å². The summed E-state index contributed by atoms with van der Waals surface area (Å²) >= 11 is 6.01. The number of nitrogens with one attached hydrogen (secondary N) is 1. The molecule has 0 bridgehead atoms. The molecule has 1 aliphatic rings. The summed E-state index contributed by atoms with van der Waals surface area (Å²) in [7, 11) is -2.55. The van der Waals surface area contributed by atoms with Gasteiger partial charge in [-0.3, -0.25) is 4.79 Å². The van der Waals surface area contributed by atoms with Crippen LogP contribution in [0.1, 0.15) is 6.42 Å². The summed E-state index contributed by atoms with van der Waals surface area (Å²) in [6.45, 7) is -0.747. The predicted molar refractivity (Wildman–Crippen MR) is 94.5 cm³/mol. The van der Waals surface area contributed by atoms with Crippen LogP contribution in [0.25, 0.3) is 0 Å². The Bertz CT molecular complexity index is 854. The van der Waals surface area contributed by atoms with Crippen molar-refractivity contribution in [2.45, 2.75) is 22.8 Å². The molecule has 2 rings (SSSR count). The summed E-state index contributed by atoms with van der Waals surface area (Å²) in [4.78, 5) is 25.1. The number of amides is 2. The number of carbonyl (C=O) groups excluding carboxylic acids is 2. The van der Waals surface area contributed by atoms with Crippen LogP contribution in [0.15, 0.2) is 29.2 Å². The van der Waals surface area contributed by atoms with Gasteiger partial charge in [0.1, 0.15) is 13.2 Å². The lowest BCUT2D eigenvalue weighted by molar-refractivity contribution is -0.141. The van der Waals surface area contributed by atoms with Crippen LogP contribution in [-0.2, 0) is 24.1 Å². The Labute approximate surface area is 161 Å². The fourth-order valence-corrected chi connectivity index (χ4v) is 4.90. The maximum absolute atomic E-state index is 12.9. The van der Waals surface area contributed by atoms with Crippen molar-refractivity contribution in [3.63, 3.8) is 0 Å². The molecule has 11 heteroatoms. The Morgan fingerprint density at radius 2 is 2.11 bits per heavy atom. The Balaban J connectivity index is 2.25. The minimum Gasteiger partial charge on any atom is -0.425 e. The minimum atomic E-state index is -3.87. The lowest BCUT2D eigenvalue weighted by atomic mass is 10.3. The van der Waals surface area contributed by atoms with E-state index in [0.29, 0.717) is 0 Å². The number of likely N-dealkylation sites (tertiary alicyclic amines) is 1. The lowest BCUT2D eigenvalue weighted by Gasteiger charge is -2.23. The number of nitrogens with zero attached hydrogens (tertiary/aromatic N) is 2. The molecule has 0 aliphatic carbocycles. The van der Waals surface area contributed by atoms with Crippen LogP contribution in [0.2, 0.25) is 5.02 Å². The fraction of sp³-hybridized carbons (Fsp3) is 0.438. The topological polar surface area (TPSA) is 126 Å². The summed E-state index contributed by atoms with van der Waals surface area (Å²) in [5.41, 5.74) is 0. The van der Waals surface area contributed by atoms with Crippen molar-refractivity contribution in [2.75, 3.05) is 26.8 Å². The highest BCUT2D eigenvalue weighted by Crippen LogP contribution is 2.32. The van der Waals surface area contributed by atoms with Crippen LogP contribution in [-0.4, -0.2) is 63.6 Å². The molecule has 27 heavy (non-hydrogen) atoms. The third-order valence-electron chi connectivity index (χ3n) is 3.94. The van der Waals surface area contributed by atoms with Crippen molar-refractivity contribution in [3.05, 3.63) is 29.3 Å². The Morgan fingerprint density at radius 1 is 1.41 bits per heavy atom. The molecule has 1 fully saturated rings. The molecule has 1 heterocycles. The van der Waals surface area contributed by atoms with Crippen LogP contribution in [0.3, 0.4) is 0 Å². The van der Waals surface area contributed by atoms with E-state index in [-0.39, 0.29) is 36.0 Å². The number of nitriles is 1. The number of carbonyl (C=O) groups is 2. The van der Waals surface area contributed by atoms with Gasteiger partial charge in [-0.2, -0.15) is 5.26 Å². The van der Waals surface area contributed by atoms with Crippen molar-refractivity contribution >= 4 is 33.4 Å². The lowest BCUT2D eigenvalue weighted by Crippen LogP contribution is -2.42. The van der Waals surface area contributed by atoms with Gasteiger partial charge in [0, 0.05) is 20.1 Å². The quantitative estimate of drug-likeness (QED) is 0.685. The molecule has 1 N–H and O–H groups in total. The first-order valence-corrected chi connectivity index (χ1v) is 9.82. The van der Waals surface area contributed by atoms with E-state index >= 15 is 0 Å². The van der Waals surface area contributed by atoms with Crippen molar-refractivity contribution in [1.82, 2.24) is 10.2 Å². The van der Waals surface area contributed by atoms with Crippen LogP contribution in [0.5, 0.6) is 0 Å². The third-order valence-corrected chi connectivity index (χ3v) is 6.57. The molecule has 146 valence electrons. The van der Waals surface area contributed by atoms with Crippen LogP contribution in [0, 0.1) is 11.3 Å². The van der Waals surface area contributed by atoms with E-state index in [9.17, 15) is 18.0 Å². The van der Waals surface area contributed by atoms with E-state index in [1.165, 1.54) is 19.2 Å². The number of hydrogen-bond acceptors (Lipinski definition) is 7. The van der Waals surface area contributed by atoms with E-state index in [0.717, 1.165) is 4.90 Å². The second-order valence-corrected chi connectivity index (χ2v) is 8.29. The Hall–Kier alpha value is -2.35.